The molecule has 0 bridgehead atoms. The van der Waals surface area contributed by atoms with Crippen LogP contribution < -0.4 is 11.1 Å². The van der Waals surface area contributed by atoms with E-state index in [0.717, 1.165) is 19.3 Å². The van der Waals surface area contributed by atoms with Crippen molar-refractivity contribution in [3.8, 4) is 0 Å². The lowest BCUT2D eigenvalue weighted by molar-refractivity contribution is -0.137. The third kappa shape index (κ3) is 1.78. The van der Waals surface area contributed by atoms with Gasteiger partial charge in [0.05, 0.1) is 13.1 Å². The summed E-state index contributed by atoms with van der Waals surface area (Å²) in [4.78, 5) is 24.2. The fourth-order valence-corrected chi connectivity index (χ4v) is 2.32. The summed E-state index contributed by atoms with van der Waals surface area (Å²) >= 11 is 0. The highest BCUT2D eigenvalue weighted by Gasteiger charge is 2.34. The molecule has 1 aliphatic heterocycles. The number of imide groups is 1. The number of carbonyl (C=O) groups excluding carboxylic acids is 2. The highest BCUT2D eigenvalue weighted by molar-refractivity contribution is 5.99. The van der Waals surface area contributed by atoms with Crippen LogP contribution in [0.2, 0.25) is 0 Å². The topological polar surface area (TPSA) is 75.4 Å². The fourth-order valence-electron chi connectivity index (χ4n) is 2.32. The third-order valence-corrected chi connectivity index (χ3v) is 2.97. The van der Waals surface area contributed by atoms with Crippen molar-refractivity contribution >= 4 is 11.8 Å². The van der Waals surface area contributed by atoms with Gasteiger partial charge in [-0.05, 0) is 12.8 Å². The standard InChI is InChI=1S/C9H15N3O2/c10-6-2-1-3-7(6)12-4-8(13)11-9(14)5-12/h6-7H,1-5,10H2,(H,11,13,14). The minimum absolute atomic E-state index is 0.119. The van der Waals surface area contributed by atoms with Gasteiger partial charge in [0.25, 0.3) is 0 Å². The molecule has 5 nitrogen and oxygen atoms in total. The van der Waals surface area contributed by atoms with E-state index in [9.17, 15) is 9.59 Å². The molecule has 1 saturated carbocycles. The van der Waals surface area contributed by atoms with Crippen LogP contribution in [-0.4, -0.2) is 41.9 Å². The maximum atomic E-state index is 11.1. The van der Waals surface area contributed by atoms with E-state index in [4.69, 9.17) is 5.73 Å². The zero-order valence-electron chi connectivity index (χ0n) is 8.03. The Morgan fingerprint density at radius 2 is 1.86 bits per heavy atom. The Bertz CT molecular complexity index is 251. The van der Waals surface area contributed by atoms with Crippen molar-refractivity contribution in [2.75, 3.05) is 13.1 Å². The Balaban J connectivity index is 2.02. The molecule has 0 aromatic carbocycles. The molecule has 0 spiro atoms. The fraction of sp³-hybridized carbons (Fsp3) is 0.778. The van der Waals surface area contributed by atoms with Gasteiger partial charge in [-0.25, -0.2) is 0 Å². The summed E-state index contributed by atoms with van der Waals surface area (Å²) in [6.45, 7) is 0.619. The second-order valence-electron chi connectivity index (χ2n) is 4.04. The molecule has 1 aliphatic carbocycles. The minimum atomic E-state index is -0.208. The van der Waals surface area contributed by atoms with Crippen molar-refractivity contribution in [3.05, 3.63) is 0 Å². The Hall–Kier alpha value is -0.940. The molecule has 1 saturated heterocycles. The molecule has 2 amide bonds. The molecular formula is C9H15N3O2. The van der Waals surface area contributed by atoms with Crippen molar-refractivity contribution in [2.24, 2.45) is 5.73 Å². The first-order chi connectivity index (χ1) is 6.66. The van der Waals surface area contributed by atoms with E-state index in [0.29, 0.717) is 13.1 Å². The number of piperazine rings is 1. The molecule has 14 heavy (non-hydrogen) atoms. The Morgan fingerprint density at radius 1 is 1.21 bits per heavy atom. The summed E-state index contributed by atoms with van der Waals surface area (Å²) < 4.78 is 0. The second-order valence-corrected chi connectivity index (χ2v) is 4.04. The van der Waals surface area contributed by atoms with Crippen LogP contribution in [0, 0.1) is 0 Å². The predicted octanol–water partition coefficient (Wildman–Crippen LogP) is -1.18. The zero-order chi connectivity index (χ0) is 10.1. The van der Waals surface area contributed by atoms with Gasteiger partial charge < -0.3 is 5.73 Å². The van der Waals surface area contributed by atoms with Crippen molar-refractivity contribution in [1.29, 1.82) is 0 Å². The molecular weight excluding hydrogens is 182 g/mol. The van der Waals surface area contributed by atoms with E-state index in [-0.39, 0.29) is 23.9 Å². The van der Waals surface area contributed by atoms with Crippen LogP contribution in [0.3, 0.4) is 0 Å². The quantitative estimate of drug-likeness (QED) is 0.519. The first kappa shape index (κ1) is 9.61. The lowest BCUT2D eigenvalue weighted by Gasteiger charge is -2.32. The van der Waals surface area contributed by atoms with E-state index >= 15 is 0 Å². The van der Waals surface area contributed by atoms with Crippen LogP contribution >= 0.6 is 0 Å². The number of rotatable bonds is 1. The smallest absolute Gasteiger partial charge is 0.240 e. The maximum absolute atomic E-state index is 11.1. The van der Waals surface area contributed by atoms with Gasteiger partial charge in [-0.15, -0.1) is 0 Å². The van der Waals surface area contributed by atoms with Gasteiger partial charge in [-0.3, -0.25) is 19.8 Å². The Labute approximate surface area is 82.6 Å². The number of nitrogens with two attached hydrogens (primary N) is 1. The Kier molecular flexibility index (Phi) is 2.52. The third-order valence-electron chi connectivity index (χ3n) is 2.97. The molecule has 2 fully saturated rings. The largest absolute Gasteiger partial charge is 0.326 e. The van der Waals surface area contributed by atoms with Gasteiger partial charge in [-0.1, -0.05) is 6.42 Å². The molecule has 0 radical (unpaired) electrons. The molecule has 2 unspecified atom stereocenters. The van der Waals surface area contributed by atoms with Crippen LogP contribution in [0.5, 0.6) is 0 Å². The first-order valence-electron chi connectivity index (χ1n) is 4.99. The lowest BCUT2D eigenvalue weighted by atomic mass is 10.1. The van der Waals surface area contributed by atoms with Crippen molar-refractivity contribution in [2.45, 2.75) is 31.3 Å². The van der Waals surface area contributed by atoms with E-state index < -0.39 is 0 Å². The lowest BCUT2D eigenvalue weighted by Crippen LogP contribution is -2.57. The minimum Gasteiger partial charge on any atom is -0.326 e. The molecule has 78 valence electrons. The summed E-state index contributed by atoms with van der Waals surface area (Å²) in [5, 5.41) is 2.29. The van der Waals surface area contributed by atoms with Crippen LogP contribution in [0.4, 0.5) is 0 Å². The summed E-state index contributed by atoms with van der Waals surface area (Å²) in [7, 11) is 0. The van der Waals surface area contributed by atoms with E-state index in [1.807, 2.05) is 4.90 Å². The van der Waals surface area contributed by atoms with E-state index in [1.54, 1.807) is 0 Å². The Morgan fingerprint density at radius 3 is 2.36 bits per heavy atom. The van der Waals surface area contributed by atoms with Crippen LogP contribution in [0.15, 0.2) is 0 Å². The molecule has 2 aliphatic rings. The summed E-state index contributed by atoms with van der Waals surface area (Å²) in [6.07, 6.45) is 3.09. The van der Waals surface area contributed by atoms with Crippen LogP contribution in [0.1, 0.15) is 19.3 Å². The van der Waals surface area contributed by atoms with Gasteiger partial charge in [0.15, 0.2) is 0 Å². The van der Waals surface area contributed by atoms with Crippen molar-refractivity contribution < 1.29 is 9.59 Å². The molecule has 2 rings (SSSR count). The maximum Gasteiger partial charge on any atom is 0.240 e. The van der Waals surface area contributed by atoms with Gasteiger partial charge >= 0.3 is 0 Å². The van der Waals surface area contributed by atoms with Gasteiger partial charge in [0.2, 0.25) is 11.8 Å². The summed E-state index contributed by atoms with van der Waals surface area (Å²) in [6, 6.07) is 0.332. The number of hydrogen-bond donors (Lipinski definition) is 2. The predicted molar refractivity (Wildman–Crippen MR) is 50.3 cm³/mol. The van der Waals surface area contributed by atoms with Crippen molar-refractivity contribution in [3.63, 3.8) is 0 Å². The number of nitrogens with zero attached hydrogens (tertiary/aromatic N) is 1. The molecule has 0 aromatic rings. The highest BCUT2D eigenvalue weighted by atomic mass is 16.2. The van der Waals surface area contributed by atoms with E-state index in [2.05, 4.69) is 5.32 Å². The number of hydrogen-bond acceptors (Lipinski definition) is 4. The zero-order valence-corrected chi connectivity index (χ0v) is 8.03. The SMILES string of the molecule is NC1CCCC1N1CC(=O)NC(=O)C1. The molecule has 2 atom stereocenters. The van der Waals surface area contributed by atoms with Crippen LogP contribution in [-0.2, 0) is 9.59 Å². The van der Waals surface area contributed by atoms with Crippen LogP contribution in [0.25, 0.3) is 0 Å². The second kappa shape index (κ2) is 3.67. The number of carbonyl (C=O) groups is 2. The average Bonchev–Trinajstić information content (AvgIpc) is 2.49. The van der Waals surface area contributed by atoms with Gasteiger partial charge in [0, 0.05) is 12.1 Å². The monoisotopic (exact) mass is 197 g/mol. The normalized spacial score (nSPS) is 34.6. The molecule has 0 aromatic heterocycles. The average molecular weight is 197 g/mol. The van der Waals surface area contributed by atoms with Gasteiger partial charge in [-0.2, -0.15) is 0 Å². The number of amides is 2. The first-order valence-corrected chi connectivity index (χ1v) is 4.99. The van der Waals surface area contributed by atoms with Gasteiger partial charge in [0.1, 0.15) is 0 Å². The highest BCUT2D eigenvalue weighted by Crippen LogP contribution is 2.22. The van der Waals surface area contributed by atoms with E-state index in [1.165, 1.54) is 0 Å². The molecule has 3 N–H and O–H groups in total. The summed E-state index contributed by atoms with van der Waals surface area (Å²) in [5.41, 5.74) is 5.92. The summed E-state index contributed by atoms with van der Waals surface area (Å²) in [5.74, 6) is -0.416. The number of nitrogens with one attached hydrogen (secondary N) is 1. The van der Waals surface area contributed by atoms with Crippen molar-refractivity contribution in [1.82, 2.24) is 10.2 Å². The molecule has 1 heterocycles. The molecule has 5 heteroatoms.